The molecule has 0 amide bonds. The third-order valence-corrected chi connectivity index (χ3v) is 3.17. The lowest BCUT2D eigenvalue weighted by Gasteiger charge is -1.91. The van der Waals surface area contributed by atoms with Gasteiger partial charge in [0, 0.05) is 23.8 Å². The van der Waals surface area contributed by atoms with Gasteiger partial charge in [-0.3, -0.25) is 0 Å². The molecular formula is C10H12N4S. The van der Waals surface area contributed by atoms with Gasteiger partial charge >= 0.3 is 0 Å². The Bertz CT molecular complexity index is 416. The van der Waals surface area contributed by atoms with E-state index in [4.69, 9.17) is 5.73 Å². The fourth-order valence-electron chi connectivity index (χ4n) is 1.32. The second kappa shape index (κ2) is 4.46. The molecule has 2 rings (SSSR count). The number of hydrogen-bond donors (Lipinski definition) is 1. The summed E-state index contributed by atoms with van der Waals surface area (Å²) in [4.78, 5) is 13.9. The van der Waals surface area contributed by atoms with Crippen molar-refractivity contribution in [1.29, 1.82) is 0 Å². The van der Waals surface area contributed by atoms with Gasteiger partial charge in [-0.05, 0) is 12.5 Å². The maximum Gasteiger partial charge on any atom is 0.188 e. The third kappa shape index (κ3) is 2.03. The SMILES string of the molecule is CCc1nc(-c2ncccn2)sc1CN. The van der Waals surface area contributed by atoms with E-state index in [0.717, 1.165) is 22.0 Å². The third-order valence-electron chi connectivity index (χ3n) is 2.06. The Balaban J connectivity index is 2.42. The highest BCUT2D eigenvalue weighted by molar-refractivity contribution is 7.15. The maximum absolute atomic E-state index is 5.65. The lowest BCUT2D eigenvalue weighted by atomic mass is 10.3. The van der Waals surface area contributed by atoms with Gasteiger partial charge in [0.15, 0.2) is 10.8 Å². The van der Waals surface area contributed by atoms with Gasteiger partial charge in [-0.15, -0.1) is 11.3 Å². The zero-order valence-corrected chi connectivity index (χ0v) is 9.29. The van der Waals surface area contributed by atoms with Gasteiger partial charge < -0.3 is 5.73 Å². The highest BCUT2D eigenvalue weighted by atomic mass is 32.1. The van der Waals surface area contributed by atoms with E-state index in [-0.39, 0.29) is 0 Å². The van der Waals surface area contributed by atoms with Crippen molar-refractivity contribution in [3.63, 3.8) is 0 Å². The van der Waals surface area contributed by atoms with Crippen molar-refractivity contribution in [3.05, 3.63) is 29.0 Å². The number of aromatic nitrogens is 3. The first-order valence-corrected chi connectivity index (χ1v) is 5.62. The topological polar surface area (TPSA) is 64.7 Å². The van der Waals surface area contributed by atoms with Gasteiger partial charge in [0.25, 0.3) is 0 Å². The molecule has 0 unspecified atom stereocenters. The summed E-state index contributed by atoms with van der Waals surface area (Å²) in [5, 5.41) is 0.855. The van der Waals surface area contributed by atoms with Crippen LogP contribution in [0.15, 0.2) is 18.5 Å². The summed E-state index contributed by atoms with van der Waals surface area (Å²) in [5.41, 5.74) is 6.71. The van der Waals surface area contributed by atoms with Crippen LogP contribution in [0.1, 0.15) is 17.5 Å². The molecule has 2 heterocycles. The zero-order chi connectivity index (χ0) is 10.7. The van der Waals surface area contributed by atoms with Gasteiger partial charge in [0.2, 0.25) is 0 Å². The van der Waals surface area contributed by atoms with Gasteiger partial charge in [-0.2, -0.15) is 0 Å². The number of nitrogens with two attached hydrogens (primary N) is 1. The second-order valence-corrected chi connectivity index (χ2v) is 4.10. The quantitative estimate of drug-likeness (QED) is 0.853. The number of nitrogens with zero attached hydrogens (tertiary/aromatic N) is 3. The lowest BCUT2D eigenvalue weighted by molar-refractivity contribution is 0.986. The van der Waals surface area contributed by atoms with Crippen molar-refractivity contribution >= 4 is 11.3 Å². The summed E-state index contributed by atoms with van der Waals surface area (Å²) in [7, 11) is 0. The Morgan fingerprint density at radius 2 is 2.07 bits per heavy atom. The molecule has 5 heteroatoms. The molecule has 0 aliphatic rings. The van der Waals surface area contributed by atoms with Gasteiger partial charge in [-0.1, -0.05) is 6.92 Å². The minimum atomic E-state index is 0.535. The number of aryl methyl sites for hydroxylation is 1. The van der Waals surface area contributed by atoms with Gasteiger partial charge in [-0.25, -0.2) is 15.0 Å². The molecule has 78 valence electrons. The normalized spacial score (nSPS) is 10.5. The van der Waals surface area contributed by atoms with Gasteiger partial charge in [0.1, 0.15) is 0 Å². The summed E-state index contributed by atoms with van der Waals surface area (Å²) < 4.78 is 0. The molecule has 0 bridgehead atoms. The highest BCUT2D eigenvalue weighted by Gasteiger charge is 2.11. The Labute approximate surface area is 92.2 Å². The monoisotopic (exact) mass is 220 g/mol. The Hall–Kier alpha value is -1.33. The average molecular weight is 220 g/mol. The number of thiazole rings is 1. The Morgan fingerprint density at radius 1 is 1.33 bits per heavy atom. The van der Waals surface area contributed by atoms with Crippen molar-refractivity contribution in [3.8, 4) is 10.8 Å². The fraction of sp³-hybridized carbons (Fsp3) is 0.300. The standard InChI is InChI=1S/C10H12N4S/c1-2-7-8(6-11)15-10(14-7)9-12-4-3-5-13-9/h3-5H,2,6,11H2,1H3. The van der Waals surface area contributed by atoms with Crippen LogP contribution in [-0.2, 0) is 13.0 Å². The van der Waals surface area contributed by atoms with Crippen molar-refractivity contribution in [2.45, 2.75) is 19.9 Å². The molecule has 0 spiro atoms. The first-order chi connectivity index (χ1) is 7.35. The molecular weight excluding hydrogens is 208 g/mol. The van der Waals surface area contributed by atoms with E-state index in [2.05, 4.69) is 21.9 Å². The van der Waals surface area contributed by atoms with E-state index in [1.54, 1.807) is 29.8 Å². The molecule has 2 aromatic heterocycles. The van der Waals surface area contributed by atoms with Crippen LogP contribution >= 0.6 is 11.3 Å². The number of hydrogen-bond acceptors (Lipinski definition) is 5. The molecule has 0 saturated carbocycles. The van der Waals surface area contributed by atoms with Crippen LogP contribution in [0.25, 0.3) is 10.8 Å². The molecule has 0 aliphatic carbocycles. The smallest absolute Gasteiger partial charge is 0.188 e. The fourth-order valence-corrected chi connectivity index (χ4v) is 2.30. The van der Waals surface area contributed by atoms with E-state index >= 15 is 0 Å². The van der Waals surface area contributed by atoms with E-state index in [1.165, 1.54) is 0 Å². The van der Waals surface area contributed by atoms with E-state index in [0.29, 0.717) is 12.4 Å². The Morgan fingerprint density at radius 3 is 2.60 bits per heavy atom. The van der Waals surface area contributed by atoms with Crippen LogP contribution in [0.5, 0.6) is 0 Å². The first kappa shape index (κ1) is 10.2. The molecule has 0 radical (unpaired) electrons. The molecule has 0 atom stereocenters. The molecule has 0 fully saturated rings. The van der Waals surface area contributed by atoms with E-state index in [9.17, 15) is 0 Å². The van der Waals surface area contributed by atoms with Crippen molar-refractivity contribution in [1.82, 2.24) is 15.0 Å². The summed E-state index contributed by atoms with van der Waals surface area (Å²) in [6.07, 6.45) is 4.34. The Kier molecular flexibility index (Phi) is 3.03. The predicted octanol–water partition coefficient (Wildman–Crippen LogP) is 1.62. The largest absolute Gasteiger partial charge is 0.326 e. The van der Waals surface area contributed by atoms with Crippen LogP contribution in [0, 0.1) is 0 Å². The van der Waals surface area contributed by atoms with Crippen LogP contribution in [-0.4, -0.2) is 15.0 Å². The molecule has 0 saturated heterocycles. The van der Waals surface area contributed by atoms with Crippen LogP contribution in [0.4, 0.5) is 0 Å². The average Bonchev–Trinajstić information content (AvgIpc) is 2.73. The van der Waals surface area contributed by atoms with Crippen LogP contribution in [0.3, 0.4) is 0 Å². The minimum absolute atomic E-state index is 0.535. The molecule has 0 aromatic carbocycles. The summed E-state index contributed by atoms with van der Waals surface area (Å²) in [6.45, 7) is 2.61. The highest BCUT2D eigenvalue weighted by Crippen LogP contribution is 2.25. The second-order valence-electron chi connectivity index (χ2n) is 3.02. The van der Waals surface area contributed by atoms with Crippen molar-refractivity contribution in [2.75, 3.05) is 0 Å². The summed E-state index contributed by atoms with van der Waals surface area (Å²) in [5.74, 6) is 0.678. The molecule has 2 N–H and O–H groups in total. The molecule has 2 aromatic rings. The van der Waals surface area contributed by atoms with Gasteiger partial charge in [0.05, 0.1) is 5.69 Å². The van der Waals surface area contributed by atoms with Crippen molar-refractivity contribution in [2.24, 2.45) is 5.73 Å². The molecule has 4 nitrogen and oxygen atoms in total. The van der Waals surface area contributed by atoms with E-state index < -0.39 is 0 Å². The van der Waals surface area contributed by atoms with Crippen LogP contribution < -0.4 is 5.73 Å². The molecule has 0 aliphatic heterocycles. The summed E-state index contributed by atoms with van der Waals surface area (Å²) >= 11 is 1.58. The lowest BCUT2D eigenvalue weighted by Crippen LogP contribution is -1.96. The number of rotatable bonds is 3. The predicted molar refractivity (Wildman–Crippen MR) is 60.4 cm³/mol. The van der Waals surface area contributed by atoms with E-state index in [1.807, 2.05) is 0 Å². The zero-order valence-electron chi connectivity index (χ0n) is 8.47. The first-order valence-electron chi connectivity index (χ1n) is 4.81. The maximum atomic E-state index is 5.65. The van der Waals surface area contributed by atoms with Crippen molar-refractivity contribution < 1.29 is 0 Å². The van der Waals surface area contributed by atoms with Crippen LogP contribution in [0.2, 0.25) is 0 Å². The minimum Gasteiger partial charge on any atom is -0.326 e. The molecule has 15 heavy (non-hydrogen) atoms. The summed E-state index contributed by atoms with van der Waals surface area (Å²) in [6, 6.07) is 1.79.